The van der Waals surface area contributed by atoms with Crippen LogP contribution in [0.1, 0.15) is 34.2 Å². The largest absolute Gasteiger partial charge is 0.339 e. The molecule has 0 radical (unpaired) electrons. The predicted octanol–water partition coefficient (Wildman–Crippen LogP) is 4.13. The Morgan fingerprint density at radius 2 is 2.25 bits per heavy atom. The fourth-order valence-corrected chi connectivity index (χ4v) is 3.81. The van der Waals surface area contributed by atoms with Gasteiger partial charge in [-0.25, -0.2) is 14.4 Å². The Kier molecular flexibility index (Phi) is 3.90. The molecule has 5 rings (SSSR count). The number of aromatic nitrogens is 4. The van der Waals surface area contributed by atoms with Crippen LogP contribution in [0.2, 0.25) is 0 Å². The summed E-state index contributed by atoms with van der Waals surface area (Å²) >= 11 is 1.42. The molecule has 7 nitrogen and oxygen atoms in total. The smallest absolute Gasteiger partial charge is 0.258 e. The molecule has 1 saturated carbocycles. The van der Waals surface area contributed by atoms with Gasteiger partial charge in [-0.05, 0) is 25.0 Å². The number of amides is 1. The number of benzene rings is 1. The standard InChI is InChI=1S/C19H14FN5O2S/c1-9-2-3-10(17-24-19(27-25-17)11-5-13(11)20)4-14(9)23-18(26)12-7-28-15-6-21-8-22-16(12)15/h2-4,6-8,11,13H,5H2,1H3,(H,23,26)/t11-,13-/m0/s1. The lowest BCUT2D eigenvalue weighted by Gasteiger charge is -2.09. The SMILES string of the molecule is Cc1ccc(-c2noc([C@H]3C[C@@H]3F)n2)cc1NC(=O)c1csc2cncnc12. The van der Waals surface area contributed by atoms with Crippen LogP contribution in [0.4, 0.5) is 10.1 Å². The summed E-state index contributed by atoms with van der Waals surface area (Å²) in [5.74, 6) is 0.147. The minimum Gasteiger partial charge on any atom is -0.339 e. The molecule has 2 atom stereocenters. The van der Waals surface area contributed by atoms with Crippen molar-refractivity contribution >= 4 is 33.1 Å². The Morgan fingerprint density at radius 3 is 3.07 bits per heavy atom. The number of nitrogens with zero attached hydrogens (tertiary/aromatic N) is 4. The van der Waals surface area contributed by atoms with Crippen LogP contribution in [0.25, 0.3) is 21.6 Å². The van der Waals surface area contributed by atoms with Crippen molar-refractivity contribution in [3.63, 3.8) is 0 Å². The zero-order valence-electron chi connectivity index (χ0n) is 14.7. The van der Waals surface area contributed by atoms with Crippen molar-refractivity contribution in [3.05, 3.63) is 53.1 Å². The van der Waals surface area contributed by atoms with Crippen LogP contribution in [0.15, 0.2) is 40.6 Å². The molecule has 1 aromatic carbocycles. The van der Waals surface area contributed by atoms with E-state index in [1.54, 1.807) is 17.6 Å². The Balaban J connectivity index is 1.43. The molecule has 0 bridgehead atoms. The molecule has 28 heavy (non-hydrogen) atoms. The van der Waals surface area contributed by atoms with Crippen LogP contribution in [-0.4, -0.2) is 32.2 Å². The number of thiophene rings is 1. The van der Waals surface area contributed by atoms with Crippen LogP contribution in [0.5, 0.6) is 0 Å². The Labute approximate surface area is 162 Å². The maximum absolute atomic E-state index is 13.2. The fourth-order valence-electron chi connectivity index (χ4n) is 2.95. The number of anilines is 1. The van der Waals surface area contributed by atoms with Gasteiger partial charge in [-0.3, -0.25) is 4.79 Å². The van der Waals surface area contributed by atoms with E-state index in [1.807, 2.05) is 19.1 Å². The van der Waals surface area contributed by atoms with Gasteiger partial charge in [0.15, 0.2) is 0 Å². The average molecular weight is 395 g/mol. The lowest BCUT2D eigenvalue weighted by molar-refractivity contribution is 0.102. The van der Waals surface area contributed by atoms with E-state index in [0.717, 1.165) is 10.3 Å². The van der Waals surface area contributed by atoms with Gasteiger partial charge < -0.3 is 9.84 Å². The van der Waals surface area contributed by atoms with Crippen LogP contribution < -0.4 is 5.32 Å². The van der Waals surface area contributed by atoms with Crippen LogP contribution in [0, 0.1) is 6.92 Å². The molecular formula is C19H14FN5O2S. The Morgan fingerprint density at radius 1 is 1.39 bits per heavy atom. The van der Waals surface area contributed by atoms with Gasteiger partial charge in [0.25, 0.3) is 5.91 Å². The molecule has 0 unspecified atom stereocenters. The summed E-state index contributed by atoms with van der Waals surface area (Å²) in [7, 11) is 0. The highest BCUT2D eigenvalue weighted by atomic mass is 32.1. The number of rotatable bonds is 4. The van der Waals surface area contributed by atoms with E-state index in [9.17, 15) is 9.18 Å². The zero-order valence-corrected chi connectivity index (χ0v) is 15.5. The van der Waals surface area contributed by atoms with Gasteiger partial charge in [-0.15, -0.1) is 11.3 Å². The molecule has 1 aliphatic rings. The molecule has 1 fully saturated rings. The summed E-state index contributed by atoms with van der Waals surface area (Å²) in [6.45, 7) is 1.90. The first-order valence-corrected chi connectivity index (χ1v) is 9.55. The Bertz CT molecular complexity index is 1200. The van der Waals surface area contributed by atoms with E-state index >= 15 is 0 Å². The van der Waals surface area contributed by atoms with E-state index in [2.05, 4.69) is 25.4 Å². The van der Waals surface area contributed by atoms with Gasteiger partial charge in [0.1, 0.15) is 12.5 Å². The average Bonchev–Trinajstić information content (AvgIpc) is 3.12. The number of hydrogen-bond acceptors (Lipinski definition) is 7. The van der Waals surface area contributed by atoms with E-state index in [0.29, 0.717) is 40.5 Å². The summed E-state index contributed by atoms with van der Waals surface area (Å²) < 4.78 is 19.2. The highest BCUT2D eigenvalue weighted by Crippen LogP contribution is 2.43. The van der Waals surface area contributed by atoms with Crippen LogP contribution in [-0.2, 0) is 0 Å². The second-order valence-corrected chi connectivity index (χ2v) is 7.59. The number of hydrogen-bond donors (Lipinski definition) is 1. The lowest BCUT2D eigenvalue weighted by Crippen LogP contribution is -2.12. The van der Waals surface area contributed by atoms with Crippen molar-refractivity contribution in [2.75, 3.05) is 5.32 Å². The summed E-state index contributed by atoms with van der Waals surface area (Å²) in [5.41, 5.74) is 3.33. The molecule has 1 aliphatic carbocycles. The predicted molar refractivity (Wildman–Crippen MR) is 102 cm³/mol. The number of nitrogens with one attached hydrogen (secondary N) is 1. The van der Waals surface area contributed by atoms with E-state index in [-0.39, 0.29) is 11.8 Å². The van der Waals surface area contributed by atoms with Crippen molar-refractivity contribution in [2.45, 2.75) is 25.4 Å². The minimum absolute atomic E-state index is 0.253. The van der Waals surface area contributed by atoms with Crippen LogP contribution in [0.3, 0.4) is 0 Å². The maximum Gasteiger partial charge on any atom is 0.258 e. The summed E-state index contributed by atoms with van der Waals surface area (Å²) in [6.07, 6.45) is 2.64. The maximum atomic E-state index is 13.2. The normalized spacial score (nSPS) is 18.4. The highest BCUT2D eigenvalue weighted by Gasteiger charge is 2.43. The first kappa shape index (κ1) is 16.9. The lowest BCUT2D eigenvalue weighted by atomic mass is 10.1. The van der Waals surface area contributed by atoms with Crippen molar-refractivity contribution in [3.8, 4) is 11.4 Å². The number of carbonyl (C=O) groups is 1. The molecule has 4 aromatic rings. The second-order valence-electron chi connectivity index (χ2n) is 6.68. The molecule has 0 saturated heterocycles. The molecule has 0 aliphatic heterocycles. The topological polar surface area (TPSA) is 93.8 Å². The third-order valence-corrected chi connectivity index (χ3v) is 5.60. The monoisotopic (exact) mass is 395 g/mol. The number of carbonyl (C=O) groups excluding carboxylic acids is 1. The van der Waals surface area contributed by atoms with E-state index < -0.39 is 6.17 Å². The number of halogens is 1. The van der Waals surface area contributed by atoms with Crippen molar-refractivity contribution in [1.29, 1.82) is 0 Å². The van der Waals surface area contributed by atoms with Gasteiger partial charge in [-0.1, -0.05) is 17.3 Å². The molecule has 0 spiro atoms. The number of alkyl halides is 1. The molecule has 9 heteroatoms. The molecule has 3 heterocycles. The van der Waals surface area contributed by atoms with Crippen molar-refractivity contribution in [2.24, 2.45) is 0 Å². The molecular weight excluding hydrogens is 381 g/mol. The van der Waals surface area contributed by atoms with Gasteiger partial charge in [-0.2, -0.15) is 4.98 Å². The van der Waals surface area contributed by atoms with Crippen molar-refractivity contribution < 1.29 is 13.7 Å². The van der Waals surface area contributed by atoms with E-state index in [4.69, 9.17) is 4.52 Å². The van der Waals surface area contributed by atoms with Gasteiger partial charge >= 0.3 is 0 Å². The summed E-state index contributed by atoms with van der Waals surface area (Å²) in [5, 5.41) is 8.63. The van der Waals surface area contributed by atoms with Crippen molar-refractivity contribution in [1.82, 2.24) is 20.1 Å². The summed E-state index contributed by atoms with van der Waals surface area (Å²) in [6, 6.07) is 5.49. The number of aryl methyl sites for hydroxylation is 1. The third-order valence-electron chi connectivity index (χ3n) is 4.70. The van der Waals surface area contributed by atoms with Gasteiger partial charge in [0.05, 0.1) is 21.7 Å². The van der Waals surface area contributed by atoms with E-state index in [1.165, 1.54) is 17.7 Å². The second kappa shape index (κ2) is 6.45. The summed E-state index contributed by atoms with van der Waals surface area (Å²) in [4.78, 5) is 25.2. The quantitative estimate of drug-likeness (QED) is 0.558. The zero-order chi connectivity index (χ0) is 19.3. The Hall–Kier alpha value is -3.20. The minimum atomic E-state index is -0.898. The third kappa shape index (κ3) is 2.93. The first-order chi connectivity index (χ1) is 13.6. The molecule has 1 N–H and O–H groups in total. The van der Waals surface area contributed by atoms with Gasteiger partial charge in [0, 0.05) is 22.8 Å². The number of fused-ring (bicyclic) bond motifs is 1. The van der Waals surface area contributed by atoms with Crippen LogP contribution >= 0.6 is 11.3 Å². The first-order valence-electron chi connectivity index (χ1n) is 8.67. The fraction of sp³-hybridized carbons (Fsp3) is 0.211. The van der Waals surface area contributed by atoms with Gasteiger partial charge in [0.2, 0.25) is 11.7 Å². The molecule has 140 valence electrons. The molecule has 3 aromatic heterocycles. The highest BCUT2D eigenvalue weighted by molar-refractivity contribution is 7.17. The molecule has 1 amide bonds.